The standard InChI is InChI=1S/C20H19N5O2/c1-13-6-7-17-15(11-13)12-16(14(2)22-17)19(26)21-8-10-25-20(27)24-9-4-3-5-18(24)23-25/h3-7,9,11-12H,8,10H2,1-2H3,(H,21,26). The Bertz CT molecular complexity index is 1220. The minimum Gasteiger partial charge on any atom is -0.350 e. The van der Waals surface area contributed by atoms with Crippen LogP contribution in [0, 0.1) is 13.8 Å². The predicted octanol–water partition coefficient (Wildman–Crippen LogP) is 2.09. The highest BCUT2D eigenvalue weighted by Gasteiger charge is 2.12. The average molecular weight is 361 g/mol. The zero-order valence-electron chi connectivity index (χ0n) is 15.1. The fraction of sp³-hybridized carbons (Fsp3) is 0.200. The van der Waals surface area contributed by atoms with Crippen molar-refractivity contribution < 1.29 is 4.79 Å². The van der Waals surface area contributed by atoms with Crippen molar-refractivity contribution in [2.75, 3.05) is 6.54 Å². The molecule has 0 aliphatic heterocycles. The van der Waals surface area contributed by atoms with E-state index in [0.29, 0.717) is 30.0 Å². The number of fused-ring (bicyclic) bond motifs is 2. The smallest absolute Gasteiger partial charge is 0.350 e. The second-order valence-electron chi connectivity index (χ2n) is 6.51. The molecule has 0 fully saturated rings. The molecule has 7 nitrogen and oxygen atoms in total. The number of hydrogen-bond acceptors (Lipinski definition) is 4. The number of hydrogen-bond donors (Lipinski definition) is 1. The van der Waals surface area contributed by atoms with Gasteiger partial charge in [-0.3, -0.25) is 14.2 Å². The number of benzene rings is 1. The second-order valence-corrected chi connectivity index (χ2v) is 6.51. The lowest BCUT2D eigenvalue weighted by atomic mass is 10.1. The minimum atomic E-state index is -0.223. The molecule has 1 N–H and O–H groups in total. The van der Waals surface area contributed by atoms with E-state index < -0.39 is 0 Å². The van der Waals surface area contributed by atoms with Crippen LogP contribution in [0.4, 0.5) is 0 Å². The van der Waals surface area contributed by atoms with E-state index >= 15 is 0 Å². The SMILES string of the molecule is Cc1ccc2nc(C)c(C(=O)NCCn3nc4ccccn4c3=O)cc2c1. The Morgan fingerprint density at radius 2 is 2.00 bits per heavy atom. The highest BCUT2D eigenvalue weighted by molar-refractivity contribution is 5.98. The first-order valence-corrected chi connectivity index (χ1v) is 8.73. The van der Waals surface area contributed by atoms with Gasteiger partial charge in [0.05, 0.1) is 23.3 Å². The van der Waals surface area contributed by atoms with Gasteiger partial charge in [0.15, 0.2) is 5.65 Å². The van der Waals surface area contributed by atoms with E-state index in [0.717, 1.165) is 16.5 Å². The van der Waals surface area contributed by atoms with E-state index in [-0.39, 0.29) is 11.6 Å². The molecule has 0 aliphatic rings. The number of carbonyl (C=O) groups is 1. The summed E-state index contributed by atoms with van der Waals surface area (Å²) in [5, 5.41) is 8.04. The number of aromatic nitrogens is 4. The highest BCUT2D eigenvalue weighted by Crippen LogP contribution is 2.18. The molecule has 27 heavy (non-hydrogen) atoms. The van der Waals surface area contributed by atoms with Crippen molar-refractivity contribution in [3.05, 3.63) is 76.0 Å². The second kappa shape index (κ2) is 6.68. The van der Waals surface area contributed by atoms with Gasteiger partial charge in [-0.05, 0) is 44.2 Å². The third-order valence-corrected chi connectivity index (χ3v) is 4.50. The summed E-state index contributed by atoms with van der Waals surface area (Å²) in [7, 11) is 0. The maximum absolute atomic E-state index is 12.6. The van der Waals surface area contributed by atoms with Gasteiger partial charge < -0.3 is 5.32 Å². The molecular weight excluding hydrogens is 342 g/mol. The number of pyridine rings is 2. The Kier molecular flexibility index (Phi) is 4.19. The van der Waals surface area contributed by atoms with Crippen molar-refractivity contribution in [2.24, 2.45) is 0 Å². The molecule has 7 heteroatoms. The van der Waals surface area contributed by atoms with Gasteiger partial charge in [0.25, 0.3) is 5.91 Å². The molecule has 4 aromatic rings. The van der Waals surface area contributed by atoms with Gasteiger partial charge in [0, 0.05) is 18.1 Å². The van der Waals surface area contributed by atoms with Crippen molar-refractivity contribution in [3.8, 4) is 0 Å². The van der Waals surface area contributed by atoms with Crippen LogP contribution in [0.5, 0.6) is 0 Å². The first kappa shape index (κ1) is 17.0. The van der Waals surface area contributed by atoms with Gasteiger partial charge in [-0.1, -0.05) is 17.7 Å². The number of amides is 1. The summed E-state index contributed by atoms with van der Waals surface area (Å²) < 4.78 is 2.83. The van der Waals surface area contributed by atoms with Crippen molar-refractivity contribution >= 4 is 22.5 Å². The molecule has 0 radical (unpaired) electrons. The third kappa shape index (κ3) is 3.19. The molecule has 0 aliphatic carbocycles. The van der Waals surface area contributed by atoms with Gasteiger partial charge in [0.2, 0.25) is 0 Å². The fourth-order valence-corrected chi connectivity index (χ4v) is 3.11. The van der Waals surface area contributed by atoms with E-state index in [2.05, 4.69) is 15.4 Å². The molecule has 3 aromatic heterocycles. The molecule has 136 valence electrons. The Morgan fingerprint density at radius 3 is 2.81 bits per heavy atom. The van der Waals surface area contributed by atoms with Crippen LogP contribution in [0.3, 0.4) is 0 Å². The van der Waals surface area contributed by atoms with Crippen LogP contribution < -0.4 is 11.0 Å². The monoisotopic (exact) mass is 361 g/mol. The lowest BCUT2D eigenvalue weighted by Gasteiger charge is -2.09. The first-order valence-electron chi connectivity index (χ1n) is 8.73. The maximum atomic E-state index is 12.6. The Morgan fingerprint density at radius 1 is 1.15 bits per heavy atom. The predicted molar refractivity (Wildman–Crippen MR) is 103 cm³/mol. The molecule has 4 rings (SSSR count). The molecule has 0 saturated heterocycles. The highest BCUT2D eigenvalue weighted by atomic mass is 16.2. The molecule has 0 spiro atoms. The molecule has 0 saturated carbocycles. The summed E-state index contributed by atoms with van der Waals surface area (Å²) in [6, 6.07) is 13.2. The molecule has 0 unspecified atom stereocenters. The summed E-state index contributed by atoms with van der Waals surface area (Å²) >= 11 is 0. The molecule has 1 aromatic carbocycles. The van der Waals surface area contributed by atoms with Gasteiger partial charge in [-0.2, -0.15) is 0 Å². The third-order valence-electron chi connectivity index (χ3n) is 4.50. The zero-order valence-corrected chi connectivity index (χ0v) is 15.1. The van der Waals surface area contributed by atoms with Crippen molar-refractivity contribution in [2.45, 2.75) is 20.4 Å². The Hall–Kier alpha value is -3.48. The zero-order chi connectivity index (χ0) is 19.0. The number of carbonyl (C=O) groups excluding carboxylic acids is 1. The summed E-state index contributed by atoms with van der Waals surface area (Å²) in [4.78, 5) is 29.3. The molecule has 0 atom stereocenters. The van der Waals surface area contributed by atoms with Crippen molar-refractivity contribution in [1.82, 2.24) is 24.5 Å². The van der Waals surface area contributed by atoms with Crippen LogP contribution in [-0.4, -0.2) is 31.6 Å². The van der Waals surface area contributed by atoms with E-state index in [9.17, 15) is 9.59 Å². The number of rotatable bonds is 4. The van der Waals surface area contributed by atoms with E-state index in [1.807, 2.05) is 44.2 Å². The number of aryl methyl sites for hydroxylation is 2. The van der Waals surface area contributed by atoms with Crippen LogP contribution in [-0.2, 0) is 6.54 Å². The first-order chi connectivity index (χ1) is 13.0. The summed E-state index contributed by atoms with van der Waals surface area (Å²) in [5.41, 5.74) is 3.55. The van der Waals surface area contributed by atoms with Gasteiger partial charge >= 0.3 is 5.69 Å². The number of nitrogens with zero attached hydrogens (tertiary/aromatic N) is 4. The quantitative estimate of drug-likeness (QED) is 0.603. The number of nitrogens with one attached hydrogen (secondary N) is 1. The van der Waals surface area contributed by atoms with Gasteiger partial charge in [-0.25, -0.2) is 9.48 Å². The van der Waals surface area contributed by atoms with Crippen LogP contribution in [0.15, 0.2) is 53.5 Å². The lowest BCUT2D eigenvalue weighted by molar-refractivity contribution is 0.0951. The Labute approximate surface area is 155 Å². The largest absolute Gasteiger partial charge is 0.350 e. The molecule has 1 amide bonds. The summed E-state index contributed by atoms with van der Waals surface area (Å²) in [5.74, 6) is -0.208. The summed E-state index contributed by atoms with van der Waals surface area (Å²) in [6.07, 6.45) is 1.67. The van der Waals surface area contributed by atoms with Crippen molar-refractivity contribution in [3.63, 3.8) is 0 Å². The fourth-order valence-electron chi connectivity index (χ4n) is 3.11. The molecule has 3 heterocycles. The van der Waals surface area contributed by atoms with E-state index in [4.69, 9.17) is 0 Å². The Balaban J connectivity index is 1.50. The molecule has 0 bridgehead atoms. The van der Waals surface area contributed by atoms with E-state index in [1.54, 1.807) is 18.3 Å². The van der Waals surface area contributed by atoms with E-state index in [1.165, 1.54) is 9.08 Å². The van der Waals surface area contributed by atoms with Gasteiger partial charge in [-0.15, -0.1) is 5.10 Å². The minimum absolute atomic E-state index is 0.208. The van der Waals surface area contributed by atoms with Crippen LogP contribution in [0.2, 0.25) is 0 Å². The van der Waals surface area contributed by atoms with Gasteiger partial charge in [0.1, 0.15) is 0 Å². The maximum Gasteiger partial charge on any atom is 0.350 e. The van der Waals surface area contributed by atoms with Crippen LogP contribution in [0.1, 0.15) is 21.6 Å². The van der Waals surface area contributed by atoms with Crippen molar-refractivity contribution in [1.29, 1.82) is 0 Å². The summed E-state index contributed by atoms with van der Waals surface area (Å²) in [6.45, 7) is 4.42. The normalized spacial score (nSPS) is 11.2. The van der Waals surface area contributed by atoms with Crippen LogP contribution >= 0.6 is 0 Å². The average Bonchev–Trinajstić information content (AvgIpc) is 2.97. The lowest BCUT2D eigenvalue weighted by Crippen LogP contribution is -2.31. The van der Waals surface area contributed by atoms with Crippen LogP contribution in [0.25, 0.3) is 16.6 Å². The molecular formula is C20H19N5O2. The topological polar surface area (TPSA) is 81.3 Å².